The Labute approximate surface area is 80.7 Å². The predicted molar refractivity (Wildman–Crippen MR) is 54.7 cm³/mol. The van der Waals surface area contributed by atoms with Crippen LogP contribution >= 0.6 is 0 Å². The quantitative estimate of drug-likeness (QED) is 0.562. The van der Waals surface area contributed by atoms with Crippen LogP contribution < -0.4 is 0 Å². The SMILES string of the molecule is CN=C1CC(C)(C)CC(C)(C#N)C1. The monoisotopic (exact) mass is 178 g/mol. The molecule has 0 heterocycles. The van der Waals surface area contributed by atoms with Crippen molar-refractivity contribution in [2.24, 2.45) is 15.8 Å². The number of aliphatic imine (C=N–C) groups is 1. The lowest BCUT2D eigenvalue weighted by Gasteiger charge is -2.39. The summed E-state index contributed by atoms with van der Waals surface area (Å²) in [6.07, 6.45) is 2.87. The summed E-state index contributed by atoms with van der Waals surface area (Å²) in [6.45, 7) is 6.47. The summed E-state index contributed by atoms with van der Waals surface area (Å²) in [5.74, 6) is 0. The van der Waals surface area contributed by atoms with E-state index in [0.29, 0.717) is 0 Å². The van der Waals surface area contributed by atoms with Crippen molar-refractivity contribution in [3.63, 3.8) is 0 Å². The van der Waals surface area contributed by atoms with Gasteiger partial charge in [0, 0.05) is 19.2 Å². The third kappa shape index (κ3) is 2.30. The molecule has 2 nitrogen and oxygen atoms in total. The standard InChI is InChI=1S/C11H18N2/c1-10(2)5-9(13-4)6-11(3,7-10)8-12/h5-7H2,1-4H3. The highest BCUT2D eigenvalue weighted by Crippen LogP contribution is 2.44. The first kappa shape index (κ1) is 10.2. The van der Waals surface area contributed by atoms with E-state index in [1.54, 1.807) is 0 Å². The molecule has 1 rings (SSSR count). The Bertz CT molecular complexity index is 270. The van der Waals surface area contributed by atoms with Gasteiger partial charge in [0.05, 0.1) is 11.5 Å². The molecule has 0 aliphatic heterocycles. The molecular weight excluding hydrogens is 160 g/mol. The summed E-state index contributed by atoms with van der Waals surface area (Å²) in [5.41, 5.74) is 1.23. The summed E-state index contributed by atoms with van der Waals surface area (Å²) in [4.78, 5) is 4.25. The molecule has 0 aromatic heterocycles. The molecule has 1 saturated carbocycles. The number of hydrogen-bond acceptors (Lipinski definition) is 2. The first-order chi connectivity index (χ1) is 5.91. The molecule has 0 bridgehead atoms. The van der Waals surface area contributed by atoms with Crippen LogP contribution in [-0.2, 0) is 0 Å². The van der Waals surface area contributed by atoms with Crippen molar-refractivity contribution in [1.82, 2.24) is 0 Å². The van der Waals surface area contributed by atoms with E-state index in [1.807, 2.05) is 14.0 Å². The fourth-order valence-corrected chi connectivity index (χ4v) is 2.48. The van der Waals surface area contributed by atoms with Gasteiger partial charge in [-0.05, 0) is 25.2 Å². The van der Waals surface area contributed by atoms with Gasteiger partial charge in [0.1, 0.15) is 0 Å². The lowest BCUT2D eigenvalue weighted by Crippen LogP contribution is -2.35. The second-order valence-electron chi connectivity index (χ2n) is 5.16. The number of nitrogens with zero attached hydrogens (tertiary/aromatic N) is 2. The van der Waals surface area contributed by atoms with E-state index in [2.05, 4.69) is 24.9 Å². The Morgan fingerprint density at radius 1 is 1.31 bits per heavy atom. The van der Waals surface area contributed by atoms with Crippen molar-refractivity contribution in [2.75, 3.05) is 7.05 Å². The molecule has 72 valence electrons. The van der Waals surface area contributed by atoms with Crippen molar-refractivity contribution < 1.29 is 0 Å². The zero-order chi connectivity index (χ0) is 10.1. The fourth-order valence-electron chi connectivity index (χ4n) is 2.48. The average molecular weight is 178 g/mol. The third-order valence-electron chi connectivity index (χ3n) is 2.73. The zero-order valence-corrected chi connectivity index (χ0v) is 9.02. The van der Waals surface area contributed by atoms with Crippen molar-refractivity contribution >= 4 is 5.71 Å². The smallest absolute Gasteiger partial charge is 0.0691 e. The summed E-state index contributed by atoms with van der Waals surface area (Å²) < 4.78 is 0. The van der Waals surface area contributed by atoms with E-state index in [-0.39, 0.29) is 10.8 Å². The van der Waals surface area contributed by atoms with Crippen LogP contribution in [-0.4, -0.2) is 12.8 Å². The minimum Gasteiger partial charge on any atom is -0.297 e. The highest BCUT2D eigenvalue weighted by molar-refractivity contribution is 5.86. The van der Waals surface area contributed by atoms with Gasteiger partial charge in [-0.15, -0.1) is 0 Å². The van der Waals surface area contributed by atoms with Gasteiger partial charge in [0.2, 0.25) is 0 Å². The Morgan fingerprint density at radius 3 is 2.38 bits per heavy atom. The lowest BCUT2D eigenvalue weighted by atomic mass is 9.64. The van der Waals surface area contributed by atoms with Crippen molar-refractivity contribution in [2.45, 2.75) is 40.0 Å². The van der Waals surface area contributed by atoms with Crippen LogP contribution in [0.4, 0.5) is 0 Å². The maximum atomic E-state index is 9.09. The molecular formula is C11H18N2. The van der Waals surface area contributed by atoms with Gasteiger partial charge in [-0.2, -0.15) is 5.26 Å². The summed E-state index contributed by atoms with van der Waals surface area (Å²) in [5, 5.41) is 9.09. The Morgan fingerprint density at radius 2 is 1.92 bits per heavy atom. The molecule has 2 heteroatoms. The second kappa shape index (κ2) is 3.14. The van der Waals surface area contributed by atoms with Gasteiger partial charge in [-0.3, -0.25) is 4.99 Å². The van der Waals surface area contributed by atoms with Crippen LogP contribution in [0, 0.1) is 22.2 Å². The van der Waals surface area contributed by atoms with E-state index in [0.717, 1.165) is 19.3 Å². The molecule has 1 fully saturated rings. The number of nitriles is 1. The molecule has 1 aliphatic carbocycles. The fraction of sp³-hybridized carbons (Fsp3) is 0.818. The average Bonchev–Trinajstić information content (AvgIpc) is 2.01. The number of rotatable bonds is 0. The van der Waals surface area contributed by atoms with E-state index < -0.39 is 0 Å². The second-order valence-corrected chi connectivity index (χ2v) is 5.16. The molecule has 0 spiro atoms. The Balaban J connectivity index is 2.92. The van der Waals surface area contributed by atoms with Crippen molar-refractivity contribution in [3.8, 4) is 6.07 Å². The normalized spacial score (nSPS) is 35.8. The summed E-state index contributed by atoms with van der Waals surface area (Å²) >= 11 is 0. The summed E-state index contributed by atoms with van der Waals surface area (Å²) in [7, 11) is 1.83. The molecule has 0 saturated heterocycles. The van der Waals surface area contributed by atoms with Gasteiger partial charge >= 0.3 is 0 Å². The van der Waals surface area contributed by atoms with Crippen molar-refractivity contribution in [1.29, 1.82) is 5.26 Å². The first-order valence-electron chi connectivity index (χ1n) is 4.77. The van der Waals surface area contributed by atoms with Gasteiger partial charge in [0.15, 0.2) is 0 Å². The molecule has 0 aromatic rings. The molecule has 13 heavy (non-hydrogen) atoms. The lowest BCUT2D eigenvalue weighted by molar-refractivity contribution is 0.215. The highest BCUT2D eigenvalue weighted by Gasteiger charge is 2.39. The molecule has 0 amide bonds. The zero-order valence-electron chi connectivity index (χ0n) is 9.02. The summed E-state index contributed by atoms with van der Waals surface area (Å²) in [6, 6.07) is 2.42. The van der Waals surface area contributed by atoms with Gasteiger partial charge < -0.3 is 0 Å². The van der Waals surface area contributed by atoms with Crippen LogP contribution in [0.15, 0.2) is 4.99 Å². The molecule has 1 atom stereocenters. The van der Waals surface area contributed by atoms with Crippen LogP contribution in [0.1, 0.15) is 40.0 Å². The van der Waals surface area contributed by atoms with Gasteiger partial charge in [0.25, 0.3) is 0 Å². The maximum absolute atomic E-state index is 9.09. The van der Waals surface area contributed by atoms with E-state index in [4.69, 9.17) is 5.26 Å². The predicted octanol–water partition coefficient (Wildman–Crippen LogP) is 2.80. The van der Waals surface area contributed by atoms with Crippen molar-refractivity contribution in [3.05, 3.63) is 0 Å². The number of hydrogen-bond donors (Lipinski definition) is 0. The van der Waals surface area contributed by atoms with Gasteiger partial charge in [-0.1, -0.05) is 13.8 Å². The molecule has 0 aromatic carbocycles. The van der Waals surface area contributed by atoms with Crippen LogP contribution in [0.5, 0.6) is 0 Å². The van der Waals surface area contributed by atoms with E-state index >= 15 is 0 Å². The van der Waals surface area contributed by atoms with Crippen LogP contribution in [0.3, 0.4) is 0 Å². The van der Waals surface area contributed by atoms with E-state index in [9.17, 15) is 0 Å². The van der Waals surface area contributed by atoms with Crippen LogP contribution in [0.25, 0.3) is 0 Å². The highest BCUT2D eigenvalue weighted by atomic mass is 14.7. The molecule has 0 radical (unpaired) electrons. The largest absolute Gasteiger partial charge is 0.297 e. The molecule has 1 unspecified atom stereocenters. The topological polar surface area (TPSA) is 36.1 Å². The van der Waals surface area contributed by atoms with Gasteiger partial charge in [-0.25, -0.2) is 0 Å². The first-order valence-corrected chi connectivity index (χ1v) is 4.77. The molecule has 0 N–H and O–H groups in total. The third-order valence-corrected chi connectivity index (χ3v) is 2.73. The Kier molecular flexibility index (Phi) is 2.47. The minimum absolute atomic E-state index is 0.198. The maximum Gasteiger partial charge on any atom is 0.0691 e. The van der Waals surface area contributed by atoms with E-state index in [1.165, 1.54) is 5.71 Å². The molecule has 1 aliphatic rings. The Hall–Kier alpha value is -0.840. The van der Waals surface area contributed by atoms with Crippen LogP contribution in [0.2, 0.25) is 0 Å². The minimum atomic E-state index is -0.198.